The van der Waals surface area contributed by atoms with E-state index in [0.29, 0.717) is 23.2 Å². The van der Waals surface area contributed by atoms with Crippen LogP contribution in [0.4, 0.5) is 0 Å². The first kappa shape index (κ1) is 27.8. The molecule has 0 aromatic rings. The van der Waals surface area contributed by atoms with Gasteiger partial charge in [-0.25, -0.2) is 0 Å². The van der Waals surface area contributed by atoms with Crippen LogP contribution in [0.2, 0.25) is 0 Å². The van der Waals surface area contributed by atoms with E-state index in [0.717, 1.165) is 56.9 Å². The molecule has 5 heteroatoms. The minimum atomic E-state index is -0.145. The Morgan fingerprint density at radius 1 is 1.18 bits per heavy atom. The number of rotatable bonds is 7. The van der Waals surface area contributed by atoms with E-state index in [1.54, 1.807) is 12.5 Å². The van der Waals surface area contributed by atoms with E-state index in [1.807, 2.05) is 0 Å². The van der Waals surface area contributed by atoms with Crippen molar-refractivity contribution in [3.8, 4) is 0 Å². The highest BCUT2D eigenvalue weighted by molar-refractivity contribution is 5.72. The quantitative estimate of drug-likeness (QED) is 0.284. The lowest BCUT2D eigenvalue weighted by Crippen LogP contribution is -2.50. The summed E-state index contributed by atoms with van der Waals surface area (Å²) in [6.45, 7) is 15.9. The van der Waals surface area contributed by atoms with Crippen LogP contribution in [0.5, 0.6) is 0 Å². The van der Waals surface area contributed by atoms with Crippen LogP contribution in [0.15, 0.2) is 23.0 Å². The fraction of sp³-hybridized carbons (Fsp3) is 0.818. The van der Waals surface area contributed by atoms with Crippen LogP contribution in [0.25, 0.3) is 0 Å². The van der Waals surface area contributed by atoms with E-state index in [4.69, 9.17) is 9.47 Å². The van der Waals surface area contributed by atoms with Crippen LogP contribution in [0, 0.1) is 40.4 Å². The van der Waals surface area contributed by atoms with Gasteiger partial charge in [-0.15, -0.1) is 0 Å². The maximum Gasteiger partial charge on any atom is 0.302 e. The largest absolute Gasteiger partial charge is 0.491 e. The van der Waals surface area contributed by atoms with E-state index < -0.39 is 0 Å². The van der Waals surface area contributed by atoms with Crippen molar-refractivity contribution >= 4 is 11.9 Å². The zero-order valence-corrected chi connectivity index (χ0v) is 25.0. The zero-order valence-electron chi connectivity index (χ0n) is 25.0. The number of allylic oxidation sites excluding steroid dienone is 2. The van der Waals surface area contributed by atoms with Gasteiger partial charge < -0.3 is 14.8 Å². The van der Waals surface area contributed by atoms with Crippen molar-refractivity contribution in [2.45, 2.75) is 124 Å². The smallest absolute Gasteiger partial charge is 0.302 e. The number of ether oxygens (including phenoxy) is 2. The molecule has 0 aromatic heterocycles. The highest BCUT2D eigenvalue weighted by atomic mass is 16.5. The summed E-state index contributed by atoms with van der Waals surface area (Å²) in [5, 5.41) is 2.97. The second kappa shape index (κ2) is 10.0. The summed E-state index contributed by atoms with van der Waals surface area (Å²) in [6.07, 6.45) is 13.7. The minimum absolute atomic E-state index is 0.0491. The van der Waals surface area contributed by atoms with E-state index in [9.17, 15) is 9.59 Å². The Kier molecular flexibility index (Phi) is 7.31. The van der Waals surface area contributed by atoms with Crippen molar-refractivity contribution in [3.63, 3.8) is 0 Å². The topological polar surface area (TPSA) is 64.6 Å². The van der Waals surface area contributed by atoms with E-state index in [-0.39, 0.29) is 29.0 Å². The maximum atomic E-state index is 11.6. The lowest BCUT2D eigenvalue weighted by Gasteiger charge is -2.58. The van der Waals surface area contributed by atoms with Gasteiger partial charge >= 0.3 is 5.97 Å². The van der Waals surface area contributed by atoms with Gasteiger partial charge in [-0.3, -0.25) is 9.59 Å². The third-order valence-corrected chi connectivity index (χ3v) is 11.9. The van der Waals surface area contributed by atoms with Crippen LogP contribution < -0.4 is 5.32 Å². The Hall–Kier alpha value is -1.78. The minimum Gasteiger partial charge on any atom is -0.491 e. The van der Waals surface area contributed by atoms with E-state index in [2.05, 4.69) is 46.0 Å². The summed E-state index contributed by atoms with van der Waals surface area (Å²) >= 11 is 0. The number of amides is 1. The summed E-state index contributed by atoms with van der Waals surface area (Å²) in [5.41, 5.74) is 3.57. The first-order chi connectivity index (χ1) is 17.9. The maximum absolute atomic E-state index is 11.6. The molecule has 0 bridgehead atoms. The van der Waals surface area contributed by atoms with Gasteiger partial charge in [-0.1, -0.05) is 39.3 Å². The number of carbonyl (C=O) groups excluding carboxylic acids is 2. The molecule has 5 rings (SSSR count). The third-order valence-electron chi connectivity index (χ3n) is 11.9. The summed E-state index contributed by atoms with van der Waals surface area (Å²) in [5.74, 6) is 4.26. The Labute approximate surface area is 230 Å². The number of esters is 1. The SMILES string of the molecule is CC[C@]12C[C@@H]3[C@H]4CC=C5C[C@@H](OC(C)=O)CC[C@]5(C)[C@@H]4CC[C@]3(C)[C@@H]1C(C)=C(CC[C@H](C)CNC(C)=O)O2. The van der Waals surface area contributed by atoms with E-state index in [1.165, 1.54) is 43.9 Å². The first-order valence-corrected chi connectivity index (χ1v) is 15.4. The monoisotopic (exact) mass is 525 g/mol. The number of fused-ring (bicyclic) bond motifs is 7. The fourth-order valence-electron chi connectivity index (χ4n) is 10.1. The molecular formula is C33H51NO4. The first-order valence-electron chi connectivity index (χ1n) is 15.4. The molecule has 9 atom stereocenters. The van der Waals surface area contributed by atoms with Crippen LogP contribution in [0.3, 0.4) is 0 Å². The van der Waals surface area contributed by atoms with Crippen molar-refractivity contribution < 1.29 is 19.1 Å². The molecule has 1 amide bonds. The molecule has 1 aliphatic heterocycles. The molecule has 38 heavy (non-hydrogen) atoms. The molecule has 1 N–H and O–H groups in total. The van der Waals surface area contributed by atoms with Crippen molar-refractivity contribution in [1.82, 2.24) is 5.32 Å². The molecule has 0 spiro atoms. The van der Waals surface area contributed by atoms with Gasteiger partial charge in [0.1, 0.15) is 11.7 Å². The average Bonchev–Trinajstić information content (AvgIpc) is 3.30. The van der Waals surface area contributed by atoms with Gasteiger partial charge in [0, 0.05) is 39.2 Å². The predicted octanol–water partition coefficient (Wildman–Crippen LogP) is 7.11. The number of hydrogen-bond donors (Lipinski definition) is 1. The van der Waals surface area contributed by atoms with Crippen molar-refractivity contribution in [2.24, 2.45) is 40.4 Å². The van der Waals surface area contributed by atoms with Crippen molar-refractivity contribution in [2.75, 3.05) is 6.54 Å². The van der Waals surface area contributed by atoms with Gasteiger partial charge in [-0.2, -0.15) is 0 Å². The second-order valence-electron chi connectivity index (χ2n) is 14.1. The third kappa shape index (κ3) is 4.44. The zero-order chi connectivity index (χ0) is 27.5. The normalized spacial score (nSPS) is 42.2. The van der Waals surface area contributed by atoms with Crippen LogP contribution in [-0.4, -0.2) is 30.1 Å². The number of carbonyl (C=O) groups is 2. The average molecular weight is 526 g/mol. The molecule has 5 nitrogen and oxygen atoms in total. The summed E-state index contributed by atoms with van der Waals surface area (Å²) in [6, 6.07) is 0. The lowest BCUT2D eigenvalue weighted by molar-refractivity contribution is -0.148. The lowest BCUT2D eigenvalue weighted by atomic mass is 9.47. The summed E-state index contributed by atoms with van der Waals surface area (Å²) in [4.78, 5) is 22.9. The Bertz CT molecular complexity index is 1030. The fourth-order valence-corrected chi connectivity index (χ4v) is 10.1. The van der Waals surface area contributed by atoms with Gasteiger partial charge in [0.2, 0.25) is 5.91 Å². The summed E-state index contributed by atoms with van der Waals surface area (Å²) in [7, 11) is 0. The molecule has 0 unspecified atom stereocenters. The molecule has 0 radical (unpaired) electrons. The Morgan fingerprint density at radius 2 is 1.95 bits per heavy atom. The molecule has 0 saturated heterocycles. The van der Waals surface area contributed by atoms with Gasteiger partial charge in [0.05, 0.1) is 5.76 Å². The van der Waals surface area contributed by atoms with Gasteiger partial charge in [-0.05, 0) is 98.4 Å². The molecule has 5 aliphatic rings. The van der Waals surface area contributed by atoms with Crippen molar-refractivity contribution in [3.05, 3.63) is 23.0 Å². The van der Waals surface area contributed by atoms with Crippen molar-refractivity contribution in [1.29, 1.82) is 0 Å². The molecule has 3 fully saturated rings. The van der Waals surface area contributed by atoms with Crippen LogP contribution in [-0.2, 0) is 19.1 Å². The molecule has 4 aliphatic carbocycles. The number of hydrogen-bond acceptors (Lipinski definition) is 4. The van der Waals surface area contributed by atoms with Crippen LogP contribution in [0.1, 0.15) is 113 Å². The molecule has 3 saturated carbocycles. The second-order valence-corrected chi connectivity index (χ2v) is 14.1. The van der Waals surface area contributed by atoms with Gasteiger partial charge in [0.25, 0.3) is 0 Å². The van der Waals surface area contributed by atoms with Gasteiger partial charge in [0.15, 0.2) is 0 Å². The Balaban J connectivity index is 1.35. The van der Waals surface area contributed by atoms with Crippen LogP contribution >= 0.6 is 0 Å². The molecule has 0 aromatic carbocycles. The van der Waals surface area contributed by atoms with E-state index >= 15 is 0 Å². The summed E-state index contributed by atoms with van der Waals surface area (Å²) < 4.78 is 12.7. The predicted molar refractivity (Wildman–Crippen MR) is 150 cm³/mol. The molecular weight excluding hydrogens is 474 g/mol. The number of nitrogens with one attached hydrogen (secondary N) is 1. The standard InChI is InChI=1S/C33H51NO4/c1-8-33-18-28-26-11-10-24-17-25(37-23(5)36)13-15-31(24,6)27(26)14-16-32(28,7)30(33)21(3)29(38-33)12-9-20(2)19-34-22(4)35/h10,20,25-28,30H,8-9,11-19H2,1-7H3,(H,34,35)/t20-,25-,26-,27+,28+,30-,31-,32-,33-/m0/s1. The highest BCUT2D eigenvalue weighted by Crippen LogP contribution is 2.72. The highest BCUT2D eigenvalue weighted by Gasteiger charge is 2.68. The molecule has 1 heterocycles. The molecule has 212 valence electrons. The Morgan fingerprint density at radius 3 is 2.63 bits per heavy atom.